The molecular formula is C16H32N4O3S. The van der Waals surface area contributed by atoms with Gasteiger partial charge in [0.05, 0.1) is 18.5 Å². The van der Waals surface area contributed by atoms with E-state index in [0.29, 0.717) is 26.2 Å². The lowest BCUT2D eigenvalue weighted by Gasteiger charge is -2.35. The van der Waals surface area contributed by atoms with E-state index >= 15 is 0 Å². The van der Waals surface area contributed by atoms with Gasteiger partial charge in [0.2, 0.25) is 10.0 Å². The molecule has 140 valence electrons. The molecule has 24 heavy (non-hydrogen) atoms. The van der Waals surface area contributed by atoms with Crippen molar-refractivity contribution in [2.45, 2.75) is 39.2 Å². The third-order valence-electron chi connectivity index (χ3n) is 4.47. The fraction of sp³-hybridized carbons (Fsp3) is 0.938. The highest BCUT2D eigenvalue weighted by molar-refractivity contribution is 7.89. The number of piperazine rings is 1. The van der Waals surface area contributed by atoms with Crippen LogP contribution in [0.25, 0.3) is 0 Å². The number of sulfonamides is 1. The topological polar surface area (TPSA) is 74.2 Å². The van der Waals surface area contributed by atoms with Crippen molar-refractivity contribution < 1.29 is 13.2 Å². The van der Waals surface area contributed by atoms with Crippen LogP contribution in [0.3, 0.4) is 0 Å². The number of rotatable bonds is 8. The molecule has 0 unspecified atom stereocenters. The van der Waals surface area contributed by atoms with Crippen molar-refractivity contribution in [3.63, 3.8) is 0 Å². The minimum atomic E-state index is -3.23. The Morgan fingerprint density at radius 3 is 2.46 bits per heavy atom. The lowest BCUT2D eigenvalue weighted by Crippen LogP contribution is -2.54. The highest BCUT2D eigenvalue weighted by Gasteiger charge is 2.28. The molecule has 7 nitrogen and oxygen atoms in total. The molecule has 0 spiro atoms. The van der Waals surface area contributed by atoms with Crippen molar-refractivity contribution in [3.8, 4) is 0 Å². The fourth-order valence-electron chi connectivity index (χ4n) is 2.82. The van der Waals surface area contributed by atoms with Crippen molar-refractivity contribution in [2.24, 2.45) is 10.9 Å². The lowest BCUT2D eigenvalue weighted by molar-refractivity contribution is 0.0904. The molecule has 1 N–H and O–H groups in total. The summed E-state index contributed by atoms with van der Waals surface area (Å²) in [7, 11) is -1.45. The van der Waals surface area contributed by atoms with Gasteiger partial charge in [0, 0.05) is 39.8 Å². The molecule has 0 aromatic carbocycles. The Labute approximate surface area is 146 Å². The van der Waals surface area contributed by atoms with Gasteiger partial charge in [-0.3, -0.25) is 4.99 Å². The molecule has 2 rings (SSSR count). The number of nitrogens with zero attached hydrogens (tertiary/aromatic N) is 3. The van der Waals surface area contributed by atoms with Crippen LogP contribution in [0.2, 0.25) is 0 Å². The van der Waals surface area contributed by atoms with Crippen LogP contribution in [0.4, 0.5) is 0 Å². The van der Waals surface area contributed by atoms with Crippen molar-refractivity contribution >= 4 is 16.0 Å². The first-order valence-corrected chi connectivity index (χ1v) is 10.6. The van der Waals surface area contributed by atoms with Gasteiger partial charge in [0.25, 0.3) is 0 Å². The second-order valence-corrected chi connectivity index (χ2v) is 8.92. The molecule has 0 aromatic heterocycles. The molecule has 0 amide bonds. The van der Waals surface area contributed by atoms with Crippen LogP contribution in [0, 0.1) is 5.92 Å². The standard InChI is InChI=1S/C16H32N4O3S/c1-14(2)23-12-13-24(21,22)20-10-8-19(9-11-20)16(17-3)18-7-6-15-4-5-15/h14-15H,4-13H2,1-3H3,(H,17,18). The second-order valence-electron chi connectivity index (χ2n) is 6.83. The zero-order valence-corrected chi connectivity index (χ0v) is 16.0. The maximum absolute atomic E-state index is 12.3. The first-order chi connectivity index (χ1) is 11.4. The summed E-state index contributed by atoms with van der Waals surface area (Å²) in [6, 6.07) is 0. The molecule has 1 aliphatic carbocycles. The largest absolute Gasteiger partial charge is 0.378 e. The molecule has 0 bridgehead atoms. The summed E-state index contributed by atoms with van der Waals surface area (Å²) < 4.78 is 31.6. The Hall–Kier alpha value is -0.860. The van der Waals surface area contributed by atoms with Gasteiger partial charge in [-0.05, 0) is 26.2 Å². The van der Waals surface area contributed by atoms with Crippen LogP contribution in [-0.4, -0.2) is 81.8 Å². The second kappa shape index (κ2) is 9.01. The van der Waals surface area contributed by atoms with Crippen LogP contribution < -0.4 is 5.32 Å². The van der Waals surface area contributed by atoms with Crippen molar-refractivity contribution in [1.82, 2.24) is 14.5 Å². The van der Waals surface area contributed by atoms with Gasteiger partial charge in [0.1, 0.15) is 0 Å². The molecule has 8 heteroatoms. The van der Waals surface area contributed by atoms with Crippen LogP contribution in [0.5, 0.6) is 0 Å². The van der Waals surface area contributed by atoms with Gasteiger partial charge < -0.3 is 15.0 Å². The van der Waals surface area contributed by atoms with E-state index in [-0.39, 0.29) is 18.5 Å². The molecule has 0 radical (unpaired) electrons. The summed E-state index contributed by atoms with van der Waals surface area (Å²) in [4.78, 5) is 6.47. The van der Waals surface area contributed by atoms with Crippen LogP contribution >= 0.6 is 0 Å². The van der Waals surface area contributed by atoms with Gasteiger partial charge in [-0.15, -0.1) is 0 Å². The first kappa shape index (κ1) is 19.5. The maximum Gasteiger partial charge on any atom is 0.216 e. The van der Waals surface area contributed by atoms with Gasteiger partial charge in [0.15, 0.2) is 5.96 Å². The highest BCUT2D eigenvalue weighted by Crippen LogP contribution is 2.31. The molecule has 1 heterocycles. The van der Waals surface area contributed by atoms with Crippen LogP contribution in [0.15, 0.2) is 4.99 Å². The van der Waals surface area contributed by atoms with Gasteiger partial charge in [-0.25, -0.2) is 8.42 Å². The molecule has 2 aliphatic rings. The summed E-state index contributed by atoms with van der Waals surface area (Å²) in [5.74, 6) is 1.83. The van der Waals surface area contributed by atoms with Crippen molar-refractivity contribution in [1.29, 1.82) is 0 Å². The maximum atomic E-state index is 12.3. The van der Waals surface area contributed by atoms with E-state index in [1.807, 2.05) is 13.8 Å². The number of nitrogens with one attached hydrogen (secondary N) is 1. The third-order valence-corrected chi connectivity index (χ3v) is 6.30. The lowest BCUT2D eigenvalue weighted by atomic mass is 10.3. The molecule has 0 aromatic rings. The van der Waals surface area contributed by atoms with E-state index in [2.05, 4.69) is 15.2 Å². The summed E-state index contributed by atoms with van der Waals surface area (Å²) >= 11 is 0. The van der Waals surface area contributed by atoms with Crippen LogP contribution in [-0.2, 0) is 14.8 Å². The number of guanidine groups is 1. The predicted octanol–water partition coefficient (Wildman–Crippen LogP) is 0.734. The van der Waals surface area contributed by atoms with E-state index in [9.17, 15) is 8.42 Å². The number of hydrogen-bond donors (Lipinski definition) is 1. The predicted molar refractivity (Wildman–Crippen MR) is 96.7 cm³/mol. The van der Waals surface area contributed by atoms with Gasteiger partial charge in [-0.1, -0.05) is 12.8 Å². The van der Waals surface area contributed by atoms with E-state index in [1.54, 1.807) is 11.4 Å². The minimum absolute atomic E-state index is 0.0551. The van der Waals surface area contributed by atoms with E-state index in [4.69, 9.17) is 4.74 Å². The number of hydrogen-bond acceptors (Lipinski definition) is 4. The third kappa shape index (κ3) is 6.22. The fourth-order valence-corrected chi connectivity index (χ4v) is 4.11. The van der Waals surface area contributed by atoms with E-state index in [1.165, 1.54) is 19.3 Å². The van der Waals surface area contributed by atoms with Gasteiger partial charge in [-0.2, -0.15) is 4.31 Å². The molecule has 1 aliphatic heterocycles. The quantitative estimate of drug-likeness (QED) is 0.510. The monoisotopic (exact) mass is 360 g/mol. The highest BCUT2D eigenvalue weighted by atomic mass is 32.2. The summed E-state index contributed by atoms with van der Waals surface area (Å²) in [5.41, 5.74) is 0. The van der Waals surface area contributed by atoms with Crippen molar-refractivity contribution in [2.75, 3.05) is 52.1 Å². The Bertz CT molecular complexity index is 509. The number of aliphatic imine (C=N–C) groups is 1. The number of ether oxygens (including phenoxy) is 1. The smallest absolute Gasteiger partial charge is 0.216 e. The molecular weight excluding hydrogens is 328 g/mol. The Kier molecular flexibility index (Phi) is 7.31. The molecule has 0 atom stereocenters. The summed E-state index contributed by atoms with van der Waals surface area (Å²) in [5, 5.41) is 3.40. The Balaban J connectivity index is 1.74. The Morgan fingerprint density at radius 2 is 1.92 bits per heavy atom. The molecule has 1 saturated carbocycles. The zero-order valence-electron chi connectivity index (χ0n) is 15.2. The normalized spacial score (nSPS) is 20.7. The van der Waals surface area contributed by atoms with E-state index in [0.717, 1.165) is 18.4 Å². The molecule has 2 fully saturated rings. The average molecular weight is 361 g/mol. The summed E-state index contributed by atoms with van der Waals surface area (Å²) in [6.07, 6.45) is 3.97. The first-order valence-electron chi connectivity index (χ1n) is 8.97. The van der Waals surface area contributed by atoms with Gasteiger partial charge >= 0.3 is 0 Å². The Morgan fingerprint density at radius 1 is 1.25 bits per heavy atom. The molecule has 1 saturated heterocycles. The minimum Gasteiger partial charge on any atom is -0.378 e. The van der Waals surface area contributed by atoms with Crippen molar-refractivity contribution in [3.05, 3.63) is 0 Å². The summed E-state index contributed by atoms with van der Waals surface area (Å²) in [6.45, 7) is 7.38. The van der Waals surface area contributed by atoms with Crippen LogP contribution in [0.1, 0.15) is 33.1 Å². The average Bonchev–Trinajstić information content (AvgIpc) is 3.35. The zero-order chi connectivity index (χ0) is 17.6. The SMILES string of the molecule is CN=C(NCCC1CC1)N1CCN(S(=O)(=O)CCOC(C)C)CC1. The van der Waals surface area contributed by atoms with E-state index < -0.39 is 10.0 Å².